The van der Waals surface area contributed by atoms with E-state index in [1.54, 1.807) is 23.8 Å². The van der Waals surface area contributed by atoms with E-state index < -0.39 is 0 Å². The van der Waals surface area contributed by atoms with Crippen molar-refractivity contribution < 1.29 is 9.90 Å². The van der Waals surface area contributed by atoms with Crippen molar-refractivity contribution in [3.8, 4) is 11.8 Å². The Labute approximate surface area is 121 Å². The van der Waals surface area contributed by atoms with Gasteiger partial charge in [0, 0.05) is 30.7 Å². The molecule has 0 aliphatic rings. The van der Waals surface area contributed by atoms with Crippen molar-refractivity contribution >= 4 is 17.2 Å². The molecule has 3 N–H and O–H groups in total. The minimum absolute atomic E-state index is 0.0993. The van der Waals surface area contributed by atoms with Gasteiger partial charge in [0.25, 0.3) is 5.91 Å². The molecule has 0 aromatic carbocycles. The Balaban J connectivity index is 1.75. The highest BCUT2D eigenvalue weighted by Gasteiger charge is 2.07. The van der Waals surface area contributed by atoms with Crippen molar-refractivity contribution in [3.63, 3.8) is 0 Å². The minimum atomic E-state index is -0.174. The Morgan fingerprint density at radius 2 is 2.45 bits per heavy atom. The number of nitrogens with one attached hydrogen (secondary N) is 2. The van der Waals surface area contributed by atoms with Gasteiger partial charge in [-0.2, -0.15) is 0 Å². The number of aromatic amines is 1. The SMILES string of the molecule is O=C(NCCCc1ncc[nH]1)c1csc(C#CCO)c1. The van der Waals surface area contributed by atoms with Gasteiger partial charge in [-0.25, -0.2) is 4.98 Å². The summed E-state index contributed by atoms with van der Waals surface area (Å²) in [5.74, 6) is 6.17. The molecule has 0 aliphatic carbocycles. The van der Waals surface area contributed by atoms with Crippen LogP contribution in [0.5, 0.6) is 0 Å². The first-order chi connectivity index (χ1) is 9.79. The van der Waals surface area contributed by atoms with Crippen molar-refractivity contribution in [2.24, 2.45) is 0 Å². The molecular weight excluding hydrogens is 274 g/mol. The molecule has 2 heterocycles. The predicted octanol–water partition coefficient (Wildman–Crippen LogP) is 1.18. The average Bonchev–Trinajstić information content (AvgIpc) is 3.12. The molecule has 0 aliphatic heterocycles. The fourth-order valence-corrected chi connectivity index (χ4v) is 2.40. The second kappa shape index (κ2) is 7.48. The predicted molar refractivity (Wildman–Crippen MR) is 77.5 cm³/mol. The summed E-state index contributed by atoms with van der Waals surface area (Å²) in [6.07, 6.45) is 5.15. The summed E-state index contributed by atoms with van der Waals surface area (Å²) in [5.41, 5.74) is 0.607. The van der Waals surface area contributed by atoms with Crippen LogP contribution in [0.25, 0.3) is 0 Å². The van der Waals surface area contributed by atoms with Gasteiger partial charge in [0.05, 0.1) is 10.4 Å². The lowest BCUT2D eigenvalue weighted by molar-refractivity contribution is 0.0953. The third kappa shape index (κ3) is 4.23. The number of aliphatic hydroxyl groups excluding tert-OH is 1. The Bertz CT molecular complexity index is 608. The number of nitrogens with zero attached hydrogens (tertiary/aromatic N) is 1. The largest absolute Gasteiger partial charge is 0.384 e. The van der Waals surface area contributed by atoms with Crippen LogP contribution in [-0.2, 0) is 6.42 Å². The Kier molecular flexibility index (Phi) is 5.35. The highest BCUT2D eigenvalue weighted by molar-refractivity contribution is 7.10. The lowest BCUT2D eigenvalue weighted by atomic mass is 10.2. The Hall–Kier alpha value is -2.10. The molecule has 6 heteroatoms. The zero-order valence-corrected chi connectivity index (χ0v) is 11.7. The fourth-order valence-electron chi connectivity index (χ4n) is 1.64. The summed E-state index contributed by atoms with van der Waals surface area (Å²) in [4.78, 5) is 19.8. The normalized spacial score (nSPS) is 9.85. The van der Waals surface area contributed by atoms with Crippen LogP contribution in [0.3, 0.4) is 0 Å². The van der Waals surface area contributed by atoms with Gasteiger partial charge in [-0.05, 0) is 12.5 Å². The first-order valence-corrected chi connectivity index (χ1v) is 7.12. The molecule has 0 bridgehead atoms. The van der Waals surface area contributed by atoms with Gasteiger partial charge in [0.15, 0.2) is 0 Å². The van der Waals surface area contributed by atoms with E-state index in [2.05, 4.69) is 27.1 Å². The maximum atomic E-state index is 11.9. The highest BCUT2D eigenvalue weighted by Crippen LogP contribution is 2.13. The minimum Gasteiger partial charge on any atom is -0.384 e. The maximum Gasteiger partial charge on any atom is 0.252 e. The number of carbonyl (C=O) groups is 1. The molecule has 0 saturated heterocycles. The molecule has 0 radical (unpaired) electrons. The van der Waals surface area contributed by atoms with Crippen LogP contribution in [0.2, 0.25) is 0 Å². The van der Waals surface area contributed by atoms with Gasteiger partial charge in [0.2, 0.25) is 0 Å². The topological polar surface area (TPSA) is 78.0 Å². The van der Waals surface area contributed by atoms with Crippen LogP contribution in [0.15, 0.2) is 23.8 Å². The van der Waals surface area contributed by atoms with Crippen molar-refractivity contribution in [2.75, 3.05) is 13.2 Å². The molecule has 2 aromatic rings. The number of imidazole rings is 1. The van der Waals surface area contributed by atoms with Gasteiger partial charge in [-0.1, -0.05) is 11.8 Å². The summed E-state index contributed by atoms with van der Waals surface area (Å²) >= 11 is 1.39. The number of hydrogen-bond donors (Lipinski definition) is 3. The van der Waals surface area contributed by atoms with Crippen molar-refractivity contribution in [1.29, 1.82) is 0 Å². The van der Waals surface area contributed by atoms with E-state index in [0.717, 1.165) is 23.5 Å². The number of aliphatic hydroxyl groups is 1. The lowest BCUT2D eigenvalue weighted by Crippen LogP contribution is -2.24. The molecule has 104 valence electrons. The first-order valence-electron chi connectivity index (χ1n) is 6.24. The summed E-state index contributed by atoms with van der Waals surface area (Å²) in [5, 5.41) is 13.2. The Morgan fingerprint density at radius 1 is 1.55 bits per heavy atom. The molecule has 2 aromatic heterocycles. The standard InChI is InChI=1S/C14H15N3O2S/c18-8-2-3-12-9-11(10-20-12)14(19)17-5-1-4-13-15-6-7-16-13/h6-7,9-10,18H,1,4-5,8H2,(H,15,16)(H,17,19). The van der Waals surface area contributed by atoms with E-state index >= 15 is 0 Å². The molecule has 1 amide bonds. The number of H-pyrrole nitrogens is 1. The first kappa shape index (κ1) is 14.3. The molecule has 5 nitrogen and oxygen atoms in total. The number of rotatable bonds is 5. The summed E-state index contributed by atoms with van der Waals surface area (Å²) in [6, 6.07) is 1.73. The van der Waals surface area contributed by atoms with E-state index in [4.69, 9.17) is 5.11 Å². The fraction of sp³-hybridized carbons (Fsp3) is 0.286. The number of carbonyl (C=O) groups excluding carboxylic acids is 1. The lowest BCUT2D eigenvalue weighted by Gasteiger charge is -2.02. The monoisotopic (exact) mass is 289 g/mol. The number of aryl methyl sites for hydroxylation is 1. The van der Waals surface area contributed by atoms with E-state index in [-0.39, 0.29) is 12.5 Å². The van der Waals surface area contributed by atoms with E-state index in [0.29, 0.717) is 12.1 Å². The van der Waals surface area contributed by atoms with E-state index in [1.807, 2.05) is 0 Å². The maximum absolute atomic E-state index is 11.9. The van der Waals surface area contributed by atoms with Gasteiger partial charge in [-0.15, -0.1) is 11.3 Å². The van der Waals surface area contributed by atoms with Crippen molar-refractivity contribution in [2.45, 2.75) is 12.8 Å². The smallest absolute Gasteiger partial charge is 0.252 e. The van der Waals surface area contributed by atoms with Crippen molar-refractivity contribution in [3.05, 3.63) is 40.1 Å². The third-order valence-electron chi connectivity index (χ3n) is 2.58. The van der Waals surface area contributed by atoms with Crippen LogP contribution in [-0.4, -0.2) is 34.1 Å². The van der Waals surface area contributed by atoms with Gasteiger partial charge < -0.3 is 15.4 Å². The zero-order valence-electron chi connectivity index (χ0n) is 10.8. The molecule has 0 spiro atoms. The summed E-state index contributed by atoms with van der Waals surface area (Å²) in [6.45, 7) is 0.430. The number of aromatic nitrogens is 2. The molecule has 20 heavy (non-hydrogen) atoms. The van der Waals surface area contributed by atoms with Crippen LogP contribution in [0.4, 0.5) is 0 Å². The molecule has 2 rings (SSSR count). The highest BCUT2D eigenvalue weighted by atomic mass is 32.1. The van der Waals surface area contributed by atoms with Crippen molar-refractivity contribution in [1.82, 2.24) is 15.3 Å². The van der Waals surface area contributed by atoms with E-state index in [9.17, 15) is 4.79 Å². The number of hydrogen-bond acceptors (Lipinski definition) is 4. The second-order valence-corrected chi connectivity index (χ2v) is 4.97. The summed E-state index contributed by atoms with van der Waals surface area (Å²) in [7, 11) is 0. The Morgan fingerprint density at radius 3 is 3.20 bits per heavy atom. The quantitative estimate of drug-likeness (QED) is 0.571. The van der Waals surface area contributed by atoms with Crippen LogP contribution in [0.1, 0.15) is 27.5 Å². The number of thiophene rings is 1. The van der Waals surface area contributed by atoms with Gasteiger partial charge in [0.1, 0.15) is 12.4 Å². The number of amides is 1. The zero-order chi connectivity index (χ0) is 14.2. The molecule has 0 fully saturated rings. The van der Waals surface area contributed by atoms with E-state index in [1.165, 1.54) is 11.3 Å². The third-order valence-corrected chi connectivity index (χ3v) is 3.43. The van der Waals surface area contributed by atoms with Crippen LogP contribution in [0, 0.1) is 11.8 Å². The molecule has 0 atom stereocenters. The van der Waals surface area contributed by atoms with Crippen LogP contribution >= 0.6 is 11.3 Å². The molecule has 0 unspecified atom stereocenters. The summed E-state index contributed by atoms with van der Waals surface area (Å²) < 4.78 is 0. The van der Waals surface area contributed by atoms with Gasteiger partial charge >= 0.3 is 0 Å². The second-order valence-electron chi connectivity index (χ2n) is 4.05. The molecule has 0 saturated carbocycles. The molecular formula is C14H15N3O2S. The average molecular weight is 289 g/mol. The van der Waals surface area contributed by atoms with Crippen LogP contribution < -0.4 is 5.32 Å². The van der Waals surface area contributed by atoms with Gasteiger partial charge in [-0.3, -0.25) is 4.79 Å².